The molecule has 2 aliphatic heterocycles. The zero-order valence-electron chi connectivity index (χ0n) is 14.6. The summed E-state index contributed by atoms with van der Waals surface area (Å²) in [5, 5.41) is 14.2. The third-order valence-corrected chi connectivity index (χ3v) is 5.44. The number of aryl methyl sites for hydroxylation is 2. The van der Waals surface area contributed by atoms with Crippen LogP contribution in [0.5, 0.6) is 0 Å². The van der Waals surface area contributed by atoms with Crippen LogP contribution in [0.3, 0.4) is 0 Å². The molecule has 6 heteroatoms. The maximum absolute atomic E-state index is 11.8. The van der Waals surface area contributed by atoms with E-state index in [0.29, 0.717) is 19.8 Å². The Labute approximate surface area is 147 Å². The normalized spacial score (nSPS) is 26.1. The first-order chi connectivity index (χ1) is 12.0. The lowest BCUT2D eigenvalue weighted by Gasteiger charge is -2.22. The zero-order chi connectivity index (χ0) is 17.6. The molecule has 1 aromatic heterocycles. The predicted molar refractivity (Wildman–Crippen MR) is 92.7 cm³/mol. The minimum atomic E-state index is -0.729. The Morgan fingerprint density at radius 1 is 1.40 bits per heavy atom. The van der Waals surface area contributed by atoms with Crippen molar-refractivity contribution in [2.75, 3.05) is 26.3 Å². The van der Waals surface area contributed by atoms with Crippen molar-refractivity contribution in [3.63, 3.8) is 0 Å². The van der Waals surface area contributed by atoms with Crippen LogP contribution < -0.4 is 0 Å². The van der Waals surface area contributed by atoms with Gasteiger partial charge in [0.05, 0.1) is 24.6 Å². The van der Waals surface area contributed by atoms with Gasteiger partial charge in [-0.1, -0.05) is 12.1 Å². The first kappa shape index (κ1) is 16.3. The summed E-state index contributed by atoms with van der Waals surface area (Å²) in [4.78, 5) is 14.0. The summed E-state index contributed by atoms with van der Waals surface area (Å²) in [7, 11) is 0. The van der Waals surface area contributed by atoms with Gasteiger partial charge in [-0.05, 0) is 37.6 Å². The van der Waals surface area contributed by atoms with Crippen LogP contribution in [-0.2, 0) is 16.1 Å². The first-order valence-electron chi connectivity index (χ1n) is 8.64. The lowest BCUT2D eigenvalue weighted by molar-refractivity contribution is -0.149. The average Bonchev–Trinajstić information content (AvgIpc) is 3.20. The van der Waals surface area contributed by atoms with E-state index in [9.17, 15) is 9.90 Å². The van der Waals surface area contributed by atoms with Gasteiger partial charge < -0.3 is 9.84 Å². The number of nitrogens with zero attached hydrogens (tertiary/aromatic N) is 3. The molecule has 0 amide bonds. The lowest BCUT2D eigenvalue weighted by atomic mass is 9.81. The van der Waals surface area contributed by atoms with Gasteiger partial charge in [-0.3, -0.25) is 9.69 Å². The number of aliphatic carboxylic acids is 1. The van der Waals surface area contributed by atoms with E-state index in [0.717, 1.165) is 30.2 Å². The van der Waals surface area contributed by atoms with Crippen LogP contribution in [0.15, 0.2) is 30.3 Å². The molecule has 0 saturated carbocycles. The van der Waals surface area contributed by atoms with Gasteiger partial charge in [-0.2, -0.15) is 5.10 Å². The molecule has 1 N–H and O–H groups in total. The van der Waals surface area contributed by atoms with Crippen molar-refractivity contribution in [2.24, 2.45) is 11.3 Å². The molecule has 2 fully saturated rings. The fourth-order valence-corrected chi connectivity index (χ4v) is 4.20. The number of carboxylic acid groups (broad SMARTS) is 1. The summed E-state index contributed by atoms with van der Waals surface area (Å²) in [6.45, 7) is 6.99. The van der Waals surface area contributed by atoms with Crippen LogP contribution in [0.4, 0.5) is 0 Å². The van der Waals surface area contributed by atoms with Crippen LogP contribution >= 0.6 is 0 Å². The highest BCUT2D eigenvalue weighted by Crippen LogP contribution is 2.42. The minimum Gasteiger partial charge on any atom is -0.481 e. The molecule has 1 aromatic carbocycles. The van der Waals surface area contributed by atoms with E-state index in [1.807, 2.05) is 30.7 Å². The number of hydrogen-bond acceptors (Lipinski definition) is 4. The molecule has 25 heavy (non-hydrogen) atoms. The number of rotatable bonds is 4. The number of ether oxygens (including phenoxy) is 1. The molecule has 3 heterocycles. The summed E-state index contributed by atoms with van der Waals surface area (Å²) >= 11 is 0. The topological polar surface area (TPSA) is 67.6 Å². The smallest absolute Gasteiger partial charge is 0.313 e. The second-order valence-corrected chi connectivity index (χ2v) is 7.35. The molecular weight excluding hydrogens is 318 g/mol. The standard InChI is InChI=1S/C19H23N3O3/c1-13-6-14(2)22(20-13)17-5-3-4-15(7-17)8-21-9-16-10-25-12-19(16,11-21)18(23)24/h3-7,16H,8-12H2,1-2H3,(H,23,24)/t16-,19-/m1/s1. The van der Waals surface area contributed by atoms with E-state index in [1.165, 1.54) is 5.56 Å². The van der Waals surface area contributed by atoms with Crippen molar-refractivity contribution in [3.05, 3.63) is 47.3 Å². The first-order valence-corrected chi connectivity index (χ1v) is 8.64. The Kier molecular flexibility index (Phi) is 3.89. The SMILES string of the molecule is Cc1cc(C)n(-c2cccc(CN3C[C@@H]4COC[C@]4(C(=O)O)C3)c2)n1. The van der Waals surface area contributed by atoms with Gasteiger partial charge in [-0.25, -0.2) is 4.68 Å². The molecule has 0 bridgehead atoms. The zero-order valence-corrected chi connectivity index (χ0v) is 14.6. The van der Waals surface area contributed by atoms with Crippen molar-refractivity contribution in [1.29, 1.82) is 0 Å². The van der Waals surface area contributed by atoms with Crippen molar-refractivity contribution in [1.82, 2.24) is 14.7 Å². The van der Waals surface area contributed by atoms with Crippen molar-refractivity contribution in [3.8, 4) is 5.69 Å². The number of carbonyl (C=O) groups is 1. The Bertz CT molecular complexity index is 816. The van der Waals surface area contributed by atoms with Gasteiger partial charge in [0.2, 0.25) is 0 Å². The van der Waals surface area contributed by atoms with Crippen LogP contribution in [0.2, 0.25) is 0 Å². The monoisotopic (exact) mass is 341 g/mol. The number of aromatic nitrogens is 2. The highest BCUT2D eigenvalue weighted by Gasteiger charge is 2.55. The summed E-state index contributed by atoms with van der Waals surface area (Å²) in [5.74, 6) is -0.641. The van der Waals surface area contributed by atoms with Crippen LogP contribution in [0.25, 0.3) is 5.69 Å². The number of benzene rings is 1. The Hall–Kier alpha value is -2.18. The van der Waals surface area contributed by atoms with E-state index in [1.54, 1.807) is 0 Å². The lowest BCUT2D eigenvalue weighted by Crippen LogP contribution is -2.38. The number of fused-ring (bicyclic) bond motifs is 1. The maximum Gasteiger partial charge on any atom is 0.313 e. The van der Waals surface area contributed by atoms with Gasteiger partial charge in [0.25, 0.3) is 0 Å². The second kappa shape index (κ2) is 5.97. The minimum absolute atomic E-state index is 0.0872. The van der Waals surface area contributed by atoms with Crippen LogP contribution in [0.1, 0.15) is 17.0 Å². The third kappa shape index (κ3) is 2.75. The fraction of sp³-hybridized carbons (Fsp3) is 0.474. The molecule has 6 nitrogen and oxygen atoms in total. The summed E-state index contributed by atoms with van der Waals surface area (Å²) in [6.07, 6.45) is 0. The third-order valence-electron chi connectivity index (χ3n) is 5.44. The largest absolute Gasteiger partial charge is 0.481 e. The van der Waals surface area contributed by atoms with E-state index in [4.69, 9.17) is 4.74 Å². The quantitative estimate of drug-likeness (QED) is 0.921. The molecule has 0 aliphatic carbocycles. The summed E-state index contributed by atoms with van der Waals surface area (Å²) in [6, 6.07) is 10.4. The molecule has 0 radical (unpaired) electrons. The van der Waals surface area contributed by atoms with Crippen molar-refractivity contribution >= 4 is 5.97 Å². The molecular formula is C19H23N3O3. The second-order valence-electron chi connectivity index (χ2n) is 7.35. The molecule has 2 atom stereocenters. The number of hydrogen-bond donors (Lipinski definition) is 1. The summed E-state index contributed by atoms with van der Waals surface area (Å²) < 4.78 is 7.40. The molecule has 4 rings (SSSR count). The maximum atomic E-state index is 11.8. The van der Waals surface area contributed by atoms with Gasteiger partial charge in [0.15, 0.2) is 0 Å². The van der Waals surface area contributed by atoms with E-state index in [-0.39, 0.29) is 5.92 Å². The van der Waals surface area contributed by atoms with Gasteiger partial charge >= 0.3 is 5.97 Å². The van der Waals surface area contributed by atoms with E-state index in [2.05, 4.69) is 28.2 Å². The Balaban J connectivity index is 1.54. The highest BCUT2D eigenvalue weighted by molar-refractivity contribution is 5.76. The molecule has 132 valence electrons. The molecule has 2 saturated heterocycles. The Morgan fingerprint density at radius 2 is 2.24 bits per heavy atom. The van der Waals surface area contributed by atoms with Crippen LogP contribution in [0, 0.1) is 25.2 Å². The Morgan fingerprint density at radius 3 is 2.92 bits per heavy atom. The number of likely N-dealkylation sites (tertiary alicyclic amines) is 1. The highest BCUT2D eigenvalue weighted by atomic mass is 16.5. The van der Waals surface area contributed by atoms with Crippen molar-refractivity contribution < 1.29 is 14.6 Å². The van der Waals surface area contributed by atoms with Gasteiger partial charge in [0.1, 0.15) is 5.41 Å². The molecule has 0 unspecified atom stereocenters. The van der Waals surface area contributed by atoms with E-state index < -0.39 is 11.4 Å². The van der Waals surface area contributed by atoms with Gasteiger partial charge in [0, 0.05) is 31.2 Å². The average molecular weight is 341 g/mol. The molecule has 2 aromatic rings. The van der Waals surface area contributed by atoms with Gasteiger partial charge in [-0.15, -0.1) is 0 Å². The van der Waals surface area contributed by atoms with Crippen molar-refractivity contribution in [2.45, 2.75) is 20.4 Å². The molecule has 2 aliphatic rings. The predicted octanol–water partition coefficient (Wildman–Crippen LogP) is 2.02. The summed E-state index contributed by atoms with van der Waals surface area (Å²) in [5.41, 5.74) is 3.59. The fourth-order valence-electron chi connectivity index (χ4n) is 4.20. The van der Waals surface area contributed by atoms with E-state index >= 15 is 0 Å². The molecule has 0 spiro atoms. The number of carboxylic acids is 1. The van der Waals surface area contributed by atoms with Crippen LogP contribution in [-0.4, -0.2) is 52.1 Å².